The Bertz CT molecular complexity index is 1170. The summed E-state index contributed by atoms with van der Waals surface area (Å²) in [4.78, 5) is -0.295. The number of halogens is 8. The lowest BCUT2D eigenvalue weighted by Gasteiger charge is -2.25. The summed E-state index contributed by atoms with van der Waals surface area (Å²) in [5, 5.41) is -1.67. The molecular weight excluding hydrogens is 620 g/mol. The minimum atomic E-state index is -4.33. The zero-order chi connectivity index (χ0) is 21.3. The second-order valence-corrected chi connectivity index (χ2v) is 14.3. The van der Waals surface area contributed by atoms with E-state index in [9.17, 15) is 16.8 Å². The summed E-state index contributed by atoms with van der Waals surface area (Å²) >= 11 is 38.7. The molecule has 16 heteroatoms. The second-order valence-electron chi connectivity index (χ2n) is 4.94. The van der Waals surface area contributed by atoms with Crippen LogP contribution in [-0.2, 0) is 18.1 Å². The first-order chi connectivity index (χ1) is 12.7. The summed E-state index contributed by atoms with van der Waals surface area (Å²) in [7, 11) is 2.17. The van der Waals surface area contributed by atoms with E-state index in [1.54, 1.807) is 0 Å². The van der Waals surface area contributed by atoms with Crippen molar-refractivity contribution < 1.29 is 16.8 Å². The first-order valence-electron chi connectivity index (χ1n) is 6.33. The van der Waals surface area contributed by atoms with Crippen LogP contribution in [0.25, 0.3) is 0 Å². The van der Waals surface area contributed by atoms with Crippen LogP contribution in [0, 0.1) is 0 Å². The van der Waals surface area contributed by atoms with Crippen molar-refractivity contribution in [3.05, 3.63) is 30.1 Å². The van der Waals surface area contributed by atoms with E-state index in [1.165, 1.54) is 0 Å². The molecule has 0 saturated carbocycles. The number of rotatable bonds is 2. The molecule has 1 aliphatic heterocycles. The SMILES string of the molecule is O=S(=O)(Cl)c1c(Cl)c(Cl)c2c(c1Cl)Sc1c(Cl)c(Cl)c(S(=O)(=O)Cl)c(Cl)c1S2. The van der Waals surface area contributed by atoms with Crippen LogP contribution < -0.4 is 0 Å². The van der Waals surface area contributed by atoms with Crippen molar-refractivity contribution in [3.8, 4) is 0 Å². The molecule has 0 unspecified atom stereocenters. The highest BCUT2D eigenvalue weighted by Gasteiger charge is 2.36. The number of fused-ring (bicyclic) bond motifs is 2. The molecule has 0 N–H and O–H groups in total. The molecule has 3 rings (SSSR count). The maximum atomic E-state index is 11.9. The first-order valence-corrected chi connectivity index (χ1v) is 14.9. The largest absolute Gasteiger partial charge is 0.264 e. The van der Waals surface area contributed by atoms with Crippen LogP contribution >= 0.6 is 114 Å². The van der Waals surface area contributed by atoms with Crippen molar-refractivity contribution in [2.24, 2.45) is 0 Å². The van der Waals surface area contributed by atoms with Gasteiger partial charge in [0.25, 0.3) is 18.1 Å². The minimum Gasteiger partial charge on any atom is -0.207 e. The Balaban J connectivity index is 2.40. The van der Waals surface area contributed by atoms with Gasteiger partial charge >= 0.3 is 0 Å². The lowest BCUT2D eigenvalue weighted by atomic mass is 10.3. The van der Waals surface area contributed by atoms with E-state index in [1.807, 2.05) is 0 Å². The Morgan fingerprint density at radius 1 is 0.464 bits per heavy atom. The minimum absolute atomic E-state index is 0.166. The van der Waals surface area contributed by atoms with Gasteiger partial charge in [-0.15, -0.1) is 0 Å². The first kappa shape index (κ1) is 24.0. The van der Waals surface area contributed by atoms with Gasteiger partial charge in [-0.2, -0.15) is 0 Å². The van der Waals surface area contributed by atoms with Gasteiger partial charge in [0.05, 0.1) is 30.1 Å². The summed E-state index contributed by atoms with van der Waals surface area (Å²) in [6.45, 7) is 0. The Labute approximate surface area is 206 Å². The molecule has 152 valence electrons. The lowest BCUT2D eigenvalue weighted by Crippen LogP contribution is -2.03. The summed E-state index contributed by atoms with van der Waals surface area (Å²) in [6.07, 6.45) is 0. The van der Waals surface area contributed by atoms with E-state index < -0.39 is 37.9 Å². The molecule has 0 radical (unpaired) electrons. The van der Waals surface area contributed by atoms with Crippen LogP contribution in [0.4, 0.5) is 0 Å². The summed E-state index contributed by atoms with van der Waals surface area (Å²) < 4.78 is 47.4. The molecule has 1 aliphatic rings. The van der Waals surface area contributed by atoms with Crippen molar-refractivity contribution >= 4 is 133 Å². The van der Waals surface area contributed by atoms with Gasteiger partial charge in [0.15, 0.2) is 0 Å². The van der Waals surface area contributed by atoms with E-state index in [0.29, 0.717) is 0 Å². The maximum Gasteiger partial charge on any atom is 0.264 e. The third kappa shape index (κ3) is 3.95. The van der Waals surface area contributed by atoms with Crippen LogP contribution in [0.1, 0.15) is 0 Å². The van der Waals surface area contributed by atoms with Crippen molar-refractivity contribution in [1.82, 2.24) is 0 Å². The predicted molar refractivity (Wildman–Crippen MR) is 117 cm³/mol. The standard InChI is InChI=1S/C12Cl8O4S4/c13-1-3(15)11(27(19,21)22)5(17)9-7(1)25-10-6(18)12(28(20,23)24)4(16)2(14)8(10)26-9. The number of hydrogen-bond donors (Lipinski definition) is 0. The van der Waals surface area contributed by atoms with Crippen LogP contribution in [0.5, 0.6) is 0 Å². The van der Waals surface area contributed by atoms with Crippen molar-refractivity contribution in [1.29, 1.82) is 0 Å². The molecule has 2 aromatic carbocycles. The van der Waals surface area contributed by atoms with Crippen LogP contribution in [0.15, 0.2) is 29.4 Å². The van der Waals surface area contributed by atoms with E-state index in [2.05, 4.69) is 0 Å². The summed E-state index contributed by atoms with van der Waals surface area (Å²) in [6, 6.07) is 0. The Hall–Kier alpha value is 1.36. The molecule has 2 aromatic rings. The zero-order valence-electron chi connectivity index (χ0n) is 12.3. The Morgan fingerprint density at radius 3 is 0.964 bits per heavy atom. The fourth-order valence-electron chi connectivity index (χ4n) is 2.19. The molecule has 28 heavy (non-hydrogen) atoms. The highest BCUT2D eigenvalue weighted by atomic mass is 35.7. The van der Waals surface area contributed by atoms with Gasteiger partial charge in [-0.1, -0.05) is 93.1 Å². The molecular formula is C12Cl8O4S4. The highest BCUT2D eigenvalue weighted by molar-refractivity contribution is 8.14. The van der Waals surface area contributed by atoms with E-state index in [-0.39, 0.29) is 39.7 Å². The fraction of sp³-hybridized carbons (Fsp3) is 0. The quantitative estimate of drug-likeness (QED) is 0.213. The molecule has 0 fully saturated rings. The van der Waals surface area contributed by atoms with E-state index in [0.717, 1.165) is 23.5 Å². The lowest BCUT2D eigenvalue weighted by molar-refractivity contribution is 0.607. The number of hydrogen-bond acceptors (Lipinski definition) is 6. The molecule has 0 aliphatic carbocycles. The van der Waals surface area contributed by atoms with Crippen LogP contribution in [-0.4, -0.2) is 16.8 Å². The zero-order valence-corrected chi connectivity index (χ0v) is 21.6. The Kier molecular flexibility index (Phi) is 6.90. The van der Waals surface area contributed by atoms with E-state index >= 15 is 0 Å². The molecule has 0 saturated heterocycles. The third-order valence-electron chi connectivity index (χ3n) is 3.29. The maximum absolute atomic E-state index is 11.9. The van der Waals surface area contributed by atoms with Gasteiger partial charge in [0, 0.05) is 40.9 Å². The summed E-state index contributed by atoms with van der Waals surface area (Å²) in [5.41, 5.74) is 0. The molecule has 0 bridgehead atoms. The monoisotopic (exact) mass is 616 g/mol. The van der Waals surface area contributed by atoms with Crippen molar-refractivity contribution in [2.75, 3.05) is 0 Å². The predicted octanol–water partition coefficient (Wildman–Crippen LogP) is 8.08. The molecule has 0 spiro atoms. The molecule has 0 aromatic heterocycles. The highest BCUT2D eigenvalue weighted by Crippen LogP contribution is 2.62. The second kappa shape index (κ2) is 8.05. The molecule has 0 atom stereocenters. The van der Waals surface area contributed by atoms with Crippen LogP contribution in [0.3, 0.4) is 0 Å². The normalized spacial score (nSPS) is 14.0. The Morgan fingerprint density at radius 2 is 0.714 bits per heavy atom. The van der Waals surface area contributed by atoms with Gasteiger partial charge < -0.3 is 0 Å². The summed E-state index contributed by atoms with van der Waals surface area (Å²) in [5.74, 6) is 0. The van der Waals surface area contributed by atoms with Gasteiger partial charge in [-0.05, 0) is 0 Å². The molecule has 0 amide bonds. The van der Waals surface area contributed by atoms with E-state index in [4.69, 9.17) is 91.0 Å². The molecule has 1 heterocycles. The van der Waals surface area contributed by atoms with Gasteiger partial charge in [-0.3, -0.25) is 0 Å². The van der Waals surface area contributed by atoms with Gasteiger partial charge in [0.1, 0.15) is 9.79 Å². The van der Waals surface area contributed by atoms with Crippen LogP contribution in [0.2, 0.25) is 30.1 Å². The number of benzene rings is 2. The van der Waals surface area contributed by atoms with Gasteiger partial charge in [0.2, 0.25) is 0 Å². The van der Waals surface area contributed by atoms with Crippen molar-refractivity contribution in [2.45, 2.75) is 29.4 Å². The van der Waals surface area contributed by atoms with Crippen molar-refractivity contribution in [3.63, 3.8) is 0 Å². The average Bonchev–Trinajstić information content (AvgIpc) is 2.54. The third-order valence-corrected chi connectivity index (χ3v) is 12.1. The topological polar surface area (TPSA) is 68.3 Å². The van der Waals surface area contributed by atoms with Gasteiger partial charge in [-0.25, -0.2) is 16.8 Å². The fourth-order valence-corrected chi connectivity index (χ4v) is 10.8. The average molecular weight is 620 g/mol. The smallest absolute Gasteiger partial charge is 0.207 e. The molecule has 4 nitrogen and oxygen atoms in total.